The van der Waals surface area contributed by atoms with Crippen molar-refractivity contribution in [3.8, 4) is 0 Å². The van der Waals surface area contributed by atoms with Crippen LogP contribution < -0.4 is 5.32 Å². The summed E-state index contributed by atoms with van der Waals surface area (Å²) in [5.74, 6) is 0. The fourth-order valence-electron chi connectivity index (χ4n) is 1.72. The molecule has 1 atom stereocenters. The van der Waals surface area contributed by atoms with Gasteiger partial charge in [0.25, 0.3) is 0 Å². The summed E-state index contributed by atoms with van der Waals surface area (Å²) in [4.78, 5) is 1.18. The third kappa shape index (κ3) is 10.8. The van der Waals surface area contributed by atoms with Gasteiger partial charge < -0.3 is 24.6 Å². The van der Waals surface area contributed by atoms with Crippen LogP contribution in [0.4, 0.5) is 0 Å². The topological polar surface area (TPSA) is 60.0 Å². The summed E-state index contributed by atoms with van der Waals surface area (Å²) in [6.45, 7) is 4.46. The van der Waals surface area contributed by atoms with E-state index in [1.165, 1.54) is 4.88 Å². The second kappa shape index (κ2) is 13.2. The molecule has 0 bridgehead atoms. The second-order valence-corrected chi connectivity index (χ2v) is 5.80. The molecule has 1 heterocycles. The molecule has 1 unspecified atom stereocenters. The van der Waals surface area contributed by atoms with E-state index < -0.39 is 6.10 Å². The average Bonchev–Trinajstić information content (AvgIpc) is 2.99. The van der Waals surface area contributed by atoms with E-state index in [2.05, 4.69) is 5.32 Å². The number of rotatable bonds is 14. The molecule has 0 aliphatic carbocycles. The maximum absolute atomic E-state index is 9.75. The zero-order chi connectivity index (χ0) is 15.2. The molecule has 0 fully saturated rings. The molecule has 0 spiro atoms. The van der Waals surface area contributed by atoms with E-state index in [-0.39, 0.29) is 0 Å². The molecule has 0 saturated heterocycles. The molecule has 21 heavy (non-hydrogen) atoms. The number of ether oxygens (including phenoxy) is 3. The number of methoxy groups -OCH3 is 1. The van der Waals surface area contributed by atoms with Gasteiger partial charge in [0.05, 0.1) is 32.5 Å². The summed E-state index contributed by atoms with van der Waals surface area (Å²) in [7, 11) is 1.67. The predicted molar refractivity (Wildman–Crippen MR) is 84.8 cm³/mol. The quantitative estimate of drug-likeness (QED) is 0.511. The van der Waals surface area contributed by atoms with Gasteiger partial charge in [-0.2, -0.15) is 0 Å². The molecule has 0 radical (unpaired) electrons. The fourth-order valence-corrected chi connectivity index (χ4v) is 2.36. The largest absolute Gasteiger partial charge is 0.389 e. The van der Waals surface area contributed by atoms with Crippen LogP contribution in [0.2, 0.25) is 0 Å². The number of hydrogen-bond donors (Lipinski definition) is 2. The third-order valence-electron chi connectivity index (χ3n) is 2.84. The zero-order valence-electron chi connectivity index (χ0n) is 12.8. The van der Waals surface area contributed by atoms with Crippen LogP contribution in [0.1, 0.15) is 17.7 Å². The van der Waals surface area contributed by atoms with Crippen LogP contribution >= 0.6 is 11.3 Å². The SMILES string of the molecule is COCCOCCCCNCC(O)COCc1cccs1. The van der Waals surface area contributed by atoms with Gasteiger partial charge in [-0.3, -0.25) is 0 Å². The van der Waals surface area contributed by atoms with Crippen LogP contribution in [0, 0.1) is 0 Å². The van der Waals surface area contributed by atoms with Crippen molar-refractivity contribution >= 4 is 11.3 Å². The molecule has 1 aromatic heterocycles. The van der Waals surface area contributed by atoms with Crippen molar-refractivity contribution in [1.82, 2.24) is 5.32 Å². The first-order valence-electron chi connectivity index (χ1n) is 7.38. The molecule has 5 nitrogen and oxygen atoms in total. The van der Waals surface area contributed by atoms with Crippen molar-refractivity contribution in [3.63, 3.8) is 0 Å². The van der Waals surface area contributed by atoms with Gasteiger partial charge in [-0.25, -0.2) is 0 Å². The smallest absolute Gasteiger partial charge is 0.0897 e. The maximum atomic E-state index is 9.75. The first kappa shape index (κ1) is 18.5. The monoisotopic (exact) mass is 317 g/mol. The summed E-state index contributed by atoms with van der Waals surface area (Å²) in [6, 6.07) is 4.03. The Hall–Kier alpha value is -0.500. The van der Waals surface area contributed by atoms with Crippen molar-refractivity contribution in [3.05, 3.63) is 22.4 Å². The minimum atomic E-state index is -0.456. The Morgan fingerprint density at radius 3 is 2.90 bits per heavy atom. The standard InChI is InChI=1S/C15H27NO4S/c1-18-8-9-19-7-3-2-6-16-11-14(17)12-20-13-15-5-4-10-21-15/h4-5,10,14,16-17H,2-3,6-9,11-13H2,1H3. The van der Waals surface area contributed by atoms with Gasteiger partial charge in [0.15, 0.2) is 0 Å². The molecule has 1 rings (SSSR count). The van der Waals surface area contributed by atoms with E-state index >= 15 is 0 Å². The number of nitrogens with one attached hydrogen (secondary N) is 1. The van der Waals surface area contributed by atoms with E-state index in [9.17, 15) is 5.11 Å². The predicted octanol–water partition coefficient (Wildman–Crippen LogP) is 1.66. The highest BCUT2D eigenvalue weighted by atomic mass is 32.1. The summed E-state index contributed by atoms with van der Waals surface area (Å²) in [5, 5.41) is 15.0. The van der Waals surface area contributed by atoms with Crippen LogP contribution in [-0.4, -0.2) is 57.8 Å². The van der Waals surface area contributed by atoms with Crippen LogP contribution in [0.3, 0.4) is 0 Å². The fraction of sp³-hybridized carbons (Fsp3) is 0.733. The number of aliphatic hydroxyl groups excluding tert-OH is 1. The zero-order valence-corrected chi connectivity index (χ0v) is 13.6. The lowest BCUT2D eigenvalue weighted by atomic mass is 10.3. The Kier molecular flexibility index (Phi) is 11.6. The van der Waals surface area contributed by atoms with Gasteiger partial charge in [-0.15, -0.1) is 11.3 Å². The van der Waals surface area contributed by atoms with Gasteiger partial charge in [0.2, 0.25) is 0 Å². The Morgan fingerprint density at radius 2 is 2.14 bits per heavy atom. The van der Waals surface area contributed by atoms with Gasteiger partial charge in [0.1, 0.15) is 0 Å². The van der Waals surface area contributed by atoms with Gasteiger partial charge >= 0.3 is 0 Å². The Morgan fingerprint density at radius 1 is 1.24 bits per heavy atom. The highest BCUT2D eigenvalue weighted by Gasteiger charge is 2.04. The molecule has 2 N–H and O–H groups in total. The summed E-state index contributed by atoms with van der Waals surface area (Å²) >= 11 is 1.67. The van der Waals surface area contributed by atoms with Crippen molar-refractivity contribution in [1.29, 1.82) is 0 Å². The lowest BCUT2D eigenvalue weighted by molar-refractivity contribution is 0.0297. The van der Waals surface area contributed by atoms with Crippen molar-refractivity contribution in [2.75, 3.05) is 46.6 Å². The lowest BCUT2D eigenvalue weighted by Crippen LogP contribution is -2.31. The molecule has 122 valence electrons. The Bertz CT molecular complexity index is 321. The third-order valence-corrected chi connectivity index (χ3v) is 3.69. The lowest BCUT2D eigenvalue weighted by Gasteiger charge is -2.12. The summed E-state index contributed by atoms with van der Waals surface area (Å²) in [5.41, 5.74) is 0. The molecule has 0 aliphatic heterocycles. The van der Waals surface area contributed by atoms with E-state index in [1.807, 2.05) is 17.5 Å². The van der Waals surface area contributed by atoms with Gasteiger partial charge in [-0.1, -0.05) is 6.07 Å². The minimum Gasteiger partial charge on any atom is -0.389 e. The minimum absolute atomic E-state index is 0.366. The van der Waals surface area contributed by atoms with Crippen LogP contribution in [0.5, 0.6) is 0 Å². The molecular weight excluding hydrogens is 290 g/mol. The van der Waals surface area contributed by atoms with Crippen molar-refractivity contribution in [2.45, 2.75) is 25.6 Å². The number of unbranched alkanes of at least 4 members (excludes halogenated alkanes) is 1. The second-order valence-electron chi connectivity index (χ2n) is 4.76. The molecule has 0 aromatic carbocycles. The van der Waals surface area contributed by atoms with Crippen LogP contribution in [0.25, 0.3) is 0 Å². The summed E-state index contributed by atoms with van der Waals surface area (Å²) < 4.78 is 15.7. The highest BCUT2D eigenvalue weighted by Crippen LogP contribution is 2.09. The van der Waals surface area contributed by atoms with Crippen LogP contribution in [-0.2, 0) is 20.8 Å². The summed E-state index contributed by atoms with van der Waals surface area (Å²) in [6.07, 6.45) is 1.60. The van der Waals surface area contributed by atoms with E-state index in [1.54, 1.807) is 18.4 Å². The molecule has 1 aromatic rings. The van der Waals surface area contributed by atoms with Gasteiger partial charge in [-0.05, 0) is 30.8 Å². The maximum Gasteiger partial charge on any atom is 0.0897 e. The first-order chi connectivity index (χ1) is 10.3. The van der Waals surface area contributed by atoms with Crippen molar-refractivity contribution in [2.24, 2.45) is 0 Å². The average molecular weight is 317 g/mol. The Balaban J connectivity index is 1.81. The molecule has 0 amide bonds. The highest BCUT2D eigenvalue weighted by molar-refractivity contribution is 7.09. The molecule has 0 aliphatic rings. The normalized spacial score (nSPS) is 12.7. The van der Waals surface area contributed by atoms with Crippen molar-refractivity contribution < 1.29 is 19.3 Å². The number of thiophene rings is 1. The van der Waals surface area contributed by atoms with Crippen LogP contribution in [0.15, 0.2) is 17.5 Å². The number of hydrogen-bond acceptors (Lipinski definition) is 6. The Labute approximate surface area is 131 Å². The van der Waals surface area contributed by atoms with Gasteiger partial charge in [0, 0.05) is 25.1 Å². The van der Waals surface area contributed by atoms with E-state index in [0.717, 1.165) is 26.0 Å². The number of aliphatic hydroxyl groups is 1. The molecular formula is C15H27NO4S. The van der Waals surface area contributed by atoms with E-state index in [4.69, 9.17) is 14.2 Å². The first-order valence-corrected chi connectivity index (χ1v) is 8.26. The molecule has 6 heteroatoms. The molecule has 0 saturated carbocycles. The van der Waals surface area contributed by atoms with E-state index in [0.29, 0.717) is 33.0 Å².